The number of nitrogens with zero attached hydrogens (tertiary/aromatic N) is 3. The first-order valence-electron chi connectivity index (χ1n) is 8.82. The van der Waals surface area contributed by atoms with Crippen molar-refractivity contribution in [3.8, 4) is 0 Å². The minimum atomic E-state index is -0.286. The van der Waals surface area contributed by atoms with Crippen LogP contribution in [0.4, 0.5) is 10.8 Å². The third-order valence-electron chi connectivity index (χ3n) is 4.25. The molecular formula is C18H21ClN4O2S. The van der Waals surface area contributed by atoms with Crippen molar-refractivity contribution < 1.29 is 9.59 Å². The van der Waals surface area contributed by atoms with Gasteiger partial charge in [-0.2, -0.15) is 0 Å². The summed E-state index contributed by atoms with van der Waals surface area (Å²) in [6.07, 6.45) is 5.58. The zero-order chi connectivity index (χ0) is 18.5. The summed E-state index contributed by atoms with van der Waals surface area (Å²) in [5.41, 5.74) is 1.02. The van der Waals surface area contributed by atoms with E-state index in [1.165, 1.54) is 11.3 Å². The second kappa shape index (κ2) is 8.60. The number of aromatic nitrogens is 2. The fraction of sp³-hybridized carbons (Fsp3) is 0.444. The highest BCUT2D eigenvalue weighted by Gasteiger charge is 2.24. The van der Waals surface area contributed by atoms with E-state index in [2.05, 4.69) is 22.4 Å². The van der Waals surface area contributed by atoms with Crippen LogP contribution in [0.5, 0.6) is 0 Å². The Labute approximate surface area is 161 Å². The van der Waals surface area contributed by atoms with Crippen molar-refractivity contribution in [3.05, 3.63) is 33.8 Å². The number of anilines is 2. The van der Waals surface area contributed by atoms with Crippen LogP contribution in [0.2, 0.25) is 5.02 Å². The lowest BCUT2D eigenvalue weighted by molar-refractivity contribution is -0.117. The van der Waals surface area contributed by atoms with Crippen molar-refractivity contribution in [2.75, 3.05) is 16.8 Å². The molecule has 1 aromatic heterocycles. The van der Waals surface area contributed by atoms with Crippen LogP contribution in [0.3, 0.4) is 0 Å². The minimum Gasteiger partial charge on any atom is -0.311 e. The van der Waals surface area contributed by atoms with E-state index in [0.29, 0.717) is 34.4 Å². The molecule has 1 aliphatic rings. The normalized spacial score (nSPS) is 14.1. The van der Waals surface area contributed by atoms with E-state index in [1.807, 2.05) is 0 Å². The van der Waals surface area contributed by atoms with E-state index in [-0.39, 0.29) is 11.8 Å². The van der Waals surface area contributed by atoms with Gasteiger partial charge in [0.15, 0.2) is 0 Å². The van der Waals surface area contributed by atoms with Crippen molar-refractivity contribution >= 4 is 45.6 Å². The molecule has 0 spiro atoms. The third kappa shape index (κ3) is 4.40. The molecule has 0 radical (unpaired) electrons. The Hall–Kier alpha value is -1.99. The molecule has 1 aliphatic heterocycles. The van der Waals surface area contributed by atoms with Crippen LogP contribution in [-0.2, 0) is 11.2 Å². The fourth-order valence-electron chi connectivity index (χ4n) is 2.86. The Kier molecular flexibility index (Phi) is 6.21. The summed E-state index contributed by atoms with van der Waals surface area (Å²) in [7, 11) is 0. The first kappa shape index (κ1) is 18.8. The maximum absolute atomic E-state index is 12.5. The van der Waals surface area contributed by atoms with Gasteiger partial charge in [0, 0.05) is 24.9 Å². The first-order chi connectivity index (χ1) is 12.6. The third-order valence-corrected chi connectivity index (χ3v) is 5.47. The maximum Gasteiger partial charge on any atom is 0.257 e. The molecule has 0 unspecified atom stereocenters. The van der Waals surface area contributed by atoms with Gasteiger partial charge >= 0.3 is 0 Å². The van der Waals surface area contributed by atoms with Gasteiger partial charge < -0.3 is 4.90 Å². The minimum absolute atomic E-state index is 0.0327. The number of carbonyl (C=O) groups is 2. The van der Waals surface area contributed by atoms with Crippen LogP contribution in [-0.4, -0.2) is 28.6 Å². The number of hydrogen-bond acceptors (Lipinski definition) is 5. The van der Waals surface area contributed by atoms with E-state index in [9.17, 15) is 9.59 Å². The molecular weight excluding hydrogens is 372 g/mol. The summed E-state index contributed by atoms with van der Waals surface area (Å²) in [4.78, 5) is 26.1. The second-order valence-electron chi connectivity index (χ2n) is 6.23. The van der Waals surface area contributed by atoms with Crippen molar-refractivity contribution in [3.63, 3.8) is 0 Å². The molecule has 8 heteroatoms. The first-order valence-corrected chi connectivity index (χ1v) is 10.0. The quantitative estimate of drug-likeness (QED) is 0.712. The van der Waals surface area contributed by atoms with Crippen LogP contribution in [0, 0.1) is 0 Å². The summed E-state index contributed by atoms with van der Waals surface area (Å²) in [6, 6.07) is 4.95. The highest BCUT2D eigenvalue weighted by atomic mass is 35.5. The smallest absolute Gasteiger partial charge is 0.257 e. The summed E-state index contributed by atoms with van der Waals surface area (Å²) < 4.78 is 0. The molecule has 1 N–H and O–H groups in total. The Morgan fingerprint density at radius 3 is 2.92 bits per heavy atom. The lowest BCUT2D eigenvalue weighted by Crippen LogP contribution is -2.24. The topological polar surface area (TPSA) is 75.2 Å². The zero-order valence-corrected chi connectivity index (χ0v) is 16.2. The molecule has 2 aromatic rings. The fourth-order valence-corrected chi connectivity index (χ4v) is 3.86. The summed E-state index contributed by atoms with van der Waals surface area (Å²) in [6.45, 7) is 2.78. The number of unbranched alkanes of at least 4 members (excludes halogenated alkanes) is 2. The van der Waals surface area contributed by atoms with Gasteiger partial charge in [-0.1, -0.05) is 42.7 Å². The van der Waals surface area contributed by atoms with Crippen molar-refractivity contribution in [1.29, 1.82) is 0 Å². The van der Waals surface area contributed by atoms with Crippen LogP contribution >= 0.6 is 22.9 Å². The largest absolute Gasteiger partial charge is 0.311 e. The van der Waals surface area contributed by atoms with E-state index in [1.54, 1.807) is 23.1 Å². The second-order valence-corrected chi connectivity index (χ2v) is 7.70. The van der Waals surface area contributed by atoms with Crippen LogP contribution in [0.1, 0.15) is 54.4 Å². The van der Waals surface area contributed by atoms with Gasteiger partial charge in [0.2, 0.25) is 11.0 Å². The molecule has 0 atom stereocenters. The number of amides is 2. The van der Waals surface area contributed by atoms with E-state index in [4.69, 9.17) is 11.6 Å². The molecule has 3 rings (SSSR count). The predicted molar refractivity (Wildman–Crippen MR) is 104 cm³/mol. The highest BCUT2D eigenvalue weighted by molar-refractivity contribution is 7.15. The lowest BCUT2D eigenvalue weighted by Gasteiger charge is -2.18. The van der Waals surface area contributed by atoms with Gasteiger partial charge in [0.05, 0.1) is 10.7 Å². The van der Waals surface area contributed by atoms with Gasteiger partial charge in [-0.3, -0.25) is 14.9 Å². The molecule has 2 amide bonds. The summed E-state index contributed by atoms with van der Waals surface area (Å²) >= 11 is 7.62. The SMILES string of the molecule is CCCCCc1nnc(NC(=O)c2ccc(Cl)c(N3CCCC3=O)c2)s1. The molecule has 1 fully saturated rings. The number of benzene rings is 1. The number of halogens is 1. The Balaban J connectivity index is 1.69. The van der Waals surface area contributed by atoms with Crippen LogP contribution < -0.4 is 10.2 Å². The number of rotatable bonds is 7. The molecule has 1 saturated heterocycles. The molecule has 1 aromatic carbocycles. The number of hydrogen-bond donors (Lipinski definition) is 1. The number of aryl methyl sites for hydroxylation is 1. The van der Waals surface area contributed by atoms with Crippen molar-refractivity contribution in [1.82, 2.24) is 10.2 Å². The highest BCUT2D eigenvalue weighted by Crippen LogP contribution is 2.30. The molecule has 138 valence electrons. The van der Waals surface area contributed by atoms with Gasteiger partial charge in [0.25, 0.3) is 5.91 Å². The molecule has 2 heterocycles. The van der Waals surface area contributed by atoms with E-state index in [0.717, 1.165) is 37.1 Å². The average molecular weight is 393 g/mol. The maximum atomic E-state index is 12.5. The Bertz CT molecular complexity index is 808. The average Bonchev–Trinajstić information content (AvgIpc) is 3.24. The van der Waals surface area contributed by atoms with Crippen molar-refractivity contribution in [2.45, 2.75) is 45.4 Å². The standard InChI is InChI=1S/C18H21ClN4O2S/c1-2-3-4-6-15-21-22-18(26-15)20-17(25)12-8-9-13(19)14(11-12)23-10-5-7-16(23)24/h8-9,11H,2-7,10H2,1H3,(H,20,22,25). The number of carbonyl (C=O) groups excluding carboxylic acids is 2. The zero-order valence-electron chi connectivity index (χ0n) is 14.6. The Morgan fingerprint density at radius 2 is 2.19 bits per heavy atom. The Morgan fingerprint density at radius 1 is 1.35 bits per heavy atom. The van der Waals surface area contributed by atoms with Gasteiger partial charge in [0.1, 0.15) is 5.01 Å². The van der Waals surface area contributed by atoms with E-state index >= 15 is 0 Å². The lowest BCUT2D eigenvalue weighted by atomic mass is 10.1. The predicted octanol–water partition coefficient (Wildman–Crippen LogP) is 4.30. The van der Waals surface area contributed by atoms with E-state index < -0.39 is 0 Å². The number of nitrogens with one attached hydrogen (secondary N) is 1. The molecule has 6 nitrogen and oxygen atoms in total. The molecule has 26 heavy (non-hydrogen) atoms. The summed E-state index contributed by atoms with van der Waals surface area (Å²) in [5, 5.41) is 12.8. The molecule has 0 bridgehead atoms. The molecule has 0 aliphatic carbocycles. The van der Waals surface area contributed by atoms with Crippen LogP contribution in [0.15, 0.2) is 18.2 Å². The monoisotopic (exact) mass is 392 g/mol. The van der Waals surface area contributed by atoms with Crippen LogP contribution in [0.25, 0.3) is 0 Å². The van der Waals surface area contributed by atoms with Crippen molar-refractivity contribution in [2.24, 2.45) is 0 Å². The molecule has 0 saturated carbocycles. The van der Waals surface area contributed by atoms with Gasteiger partial charge in [-0.25, -0.2) is 0 Å². The van der Waals surface area contributed by atoms with Gasteiger partial charge in [-0.05, 0) is 31.0 Å². The van der Waals surface area contributed by atoms with Gasteiger partial charge in [-0.15, -0.1) is 10.2 Å². The summed E-state index contributed by atoms with van der Waals surface area (Å²) in [5.74, 6) is -0.254.